The van der Waals surface area contributed by atoms with Crippen LogP contribution in [0.2, 0.25) is 0 Å². The quantitative estimate of drug-likeness (QED) is 0.464. The number of nitro groups is 1. The number of benzene rings is 2. The number of para-hydroxylation sites is 1. The van der Waals surface area contributed by atoms with Crippen molar-refractivity contribution in [3.63, 3.8) is 0 Å². The van der Waals surface area contributed by atoms with Crippen molar-refractivity contribution >= 4 is 5.69 Å². The molecule has 0 spiro atoms. The fourth-order valence-electron chi connectivity index (χ4n) is 1.78. The molecule has 0 bridgehead atoms. The molecule has 2 aromatic carbocycles. The van der Waals surface area contributed by atoms with E-state index in [1.54, 1.807) is 0 Å². The van der Waals surface area contributed by atoms with E-state index in [2.05, 4.69) is 0 Å². The Morgan fingerprint density at radius 1 is 1.10 bits per heavy atom. The van der Waals surface area contributed by atoms with Gasteiger partial charge in [-0.3, -0.25) is 10.1 Å². The highest BCUT2D eigenvalue weighted by Gasteiger charge is 2.15. The van der Waals surface area contributed by atoms with Crippen LogP contribution < -0.4 is 9.47 Å². The van der Waals surface area contributed by atoms with Gasteiger partial charge in [-0.15, -0.1) is 0 Å². The van der Waals surface area contributed by atoms with E-state index < -0.39 is 10.7 Å². The molecule has 0 atom stereocenters. The summed E-state index contributed by atoms with van der Waals surface area (Å²) in [5.74, 6) is 0.0265. The molecular weight excluding hydrogens is 277 g/mol. The van der Waals surface area contributed by atoms with Gasteiger partial charge in [-0.1, -0.05) is 18.2 Å². The molecule has 6 heteroatoms. The van der Waals surface area contributed by atoms with Gasteiger partial charge in [0.2, 0.25) is 0 Å². The van der Waals surface area contributed by atoms with Crippen molar-refractivity contribution < 1.29 is 18.8 Å². The fraction of sp³-hybridized carbons (Fsp3) is 0.200. The maximum absolute atomic E-state index is 13.1. The number of halogens is 1. The molecule has 0 heterocycles. The number of nitro benzene ring substituents is 1. The largest absolute Gasteiger partial charge is 0.490 e. The van der Waals surface area contributed by atoms with Gasteiger partial charge in [0.25, 0.3) is 0 Å². The van der Waals surface area contributed by atoms with E-state index in [4.69, 9.17) is 9.47 Å². The molecule has 0 fully saturated rings. The lowest BCUT2D eigenvalue weighted by Gasteiger charge is -2.10. The lowest BCUT2D eigenvalue weighted by molar-refractivity contribution is -0.385. The molecule has 0 amide bonds. The van der Waals surface area contributed by atoms with E-state index in [0.717, 1.165) is 29.5 Å². The SMILES string of the molecule is Cc1ccccc1OCCOc1cc(F)ccc1[N+](=O)[O-]. The van der Waals surface area contributed by atoms with Gasteiger partial charge in [-0.2, -0.15) is 0 Å². The van der Waals surface area contributed by atoms with Gasteiger partial charge in [0, 0.05) is 12.1 Å². The van der Waals surface area contributed by atoms with Crippen LogP contribution in [-0.4, -0.2) is 18.1 Å². The molecule has 2 aromatic rings. The summed E-state index contributed by atoms with van der Waals surface area (Å²) < 4.78 is 23.8. The standard InChI is InChI=1S/C15H14FNO4/c1-11-4-2-3-5-14(11)20-8-9-21-15-10-12(16)6-7-13(15)17(18)19/h2-7,10H,8-9H2,1H3. The second-order valence-electron chi connectivity index (χ2n) is 4.33. The first kappa shape index (κ1) is 14.8. The summed E-state index contributed by atoms with van der Waals surface area (Å²) in [6.07, 6.45) is 0. The molecule has 0 unspecified atom stereocenters. The van der Waals surface area contributed by atoms with Gasteiger partial charge in [-0.25, -0.2) is 4.39 Å². The first-order chi connectivity index (χ1) is 10.1. The van der Waals surface area contributed by atoms with E-state index in [0.29, 0.717) is 0 Å². The summed E-state index contributed by atoms with van der Waals surface area (Å²) in [4.78, 5) is 10.2. The highest BCUT2D eigenvalue weighted by atomic mass is 19.1. The van der Waals surface area contributed by atoms with Crippen LogP contribution in [0, 0.1) is 22.9 Å². The number of nitrogens with zero attached hydrogens (tertiary/aromatic N) is 1. The Labute approximate surface area is 121 Å². The third-order valence-electron chi connectivity index (χ3n) is 2.81. The molecule has 0 N–H and O–H groups in total. The van der Waals surface area contributed by atoms with Crippen molar-refractivity contribution in [2.75, 3.05) is 13.2 Å². The third kappa shape index (κ3) is 3.92. The van der Waals surface area contributed by atoms with Crippen LogP contribution in [0.25, 0.3) is 0 Å². The Bertz CT molecular complexity index is 645. The predicted octanol–water partition coefficient (Wildman–Crippen LogP) is 3.50. The summed E-state index contributed by atoms with van der Waals surface area (Å²) in [6.45, 7) is 2.20. The molecule has 21 heavy (non-hydrogen) atoms. The van der Waals surface area contributed by atoms with Crippen LogP contribution in [0.15, 0.2) is 42.5 Å². The van der Waals surface area contributed by atoms with Crippen molar-refractivity contribution in [1.29, 1.82) is 0 Å². The minimum atomic E-state index is -0.614. The highest BCUT2D eigenvalue weighted by molar-refractivity contribution is 5.46. The van der Waals surface area contributed by atoms with Gasteiger partial charge >= 0.3 is 5.69 Å². The predicted molar refractivity (Wildman–Crippen MR) is 75.2 cm³/mol. The van der Waals surface area contributed by atoms with Crippen LogP contribution in [0.3, 0.4) is 0 Å². The Morgan fingerprint density at radius 2 is 1.76 bits per heavy atom. The van der Waals surface area contributed by atoms with Crippen molar-refractivity contribution in [2.24, 2.45) is 0 Å². The van der Waals surface area contributed by atoms with Gasteiger partial charge in [-0.05, 0) is 24.6 Å². The van der Waals surface area contributed by atoms with Crippen LogP contribution >= 0.6 is 0 Å². The van der Waals surface area contributed by atoms with E-state index >= 15 is 0 Å². The monoisotopic (exact) mass is 291 g/mol. The van der Waals surface area contributed by atoms with Crippen LogP contribution in [-0.2, 0) is 0 Å². The van der Waals surface area contributed by atoms with E-state index in [1.165, 1.54) is 0 Å². The first-order valence-corrected chi connectivity index (χ1v) is 6.33. The third-order valence-corrected chi connectivity index (χ3v) is 2.81. The average molecular weight is 291 g/mol. The fourth-order valence-corrected chi connectivity index (χ4v) is 1.78. The minimum Gasteiger partial charge on any atom is -0.490 e. The Hall–Kier alpha value is -2.63. The van der Waals surface area contributed by atoms with Crippen LogP contribution in [0.5, 0.6) is 11.5 Å². The Kier molecular flexibility index (Phi) is 4.71. The van der Waals surface area contributed by atoms with E-state index in [1.807, 2.05) is 31.2 Å². The molecule has 0 aliphatic carbocycles. The molecule has 0 aromatic heterocycles. The number of ether oxygens (including phenoxy) is 2. The summed E-state index contributed by atoms with van der Waals surface area (Å²) in [5, 5.41) is 10.8. The van der Waals surface area contributed by atoms with Crippen molar-refractivity contribution in [3.8, 4) is 11.5 Å². The zero-order valence-corrected chi connectivity index (χ0v) is 11.4. The normalized spacial score (nSPS) is 10.2. The molecule has 0 saturated heterocycles. The zero-order chi connectivity index (χ0) is 15.2. The summed E-state index contributed by atoms with van der Waals surface area (Å²) >= 11 is 0. The van der Waals surface area contributed by atoms with Crippen LogP contribution in [0.1, 0.15) is 5.56 Å². The van der Waals surface area contributed by atoms with Crippen molar-refractivity contribution in [2.45, 2.75) is 6.92 Å². The second-order valence-corrected chi connectivity index (χ2v) is 4.33. The maximum atomic E-state index is 13.1. The smallest absolute Gasteiger partial charge is 0.311 e. The lowest BCUT2D eigenvalue weighted by atomic mass is 10.2. The van der Waals surface area contributed by atoms with E-state index in [9.17, 15) is 14.5 Å². The second kappa shape index (κ2) is 6.69. The Balaban J connectivity index is 1.93. The van der Waals surface area contributed by atoms with Crippen LogP contribution in [0.4, 0.5) is 10.1 Å². The molecule has 0 aliphatic heterocycles. The topological polar surface area (TPSA) is 61.6 Å². The van der Waals surface area contributed by atoms with Gasteiger partial charge in [0.05, 0.1) is 4.92 Å². The molecule has 0 saturated carbocycles. The van der Waals surface area contributed by atoms with Gasteiger partial charge in [0.1, 0.15) is 24.8 Å². The highest BCUT2D eigenvalue weighted by Crippen LogP contribution is 2.27. The minimum absolute atomic E-state index is 0.0820. The molecule has 110 valence electrons. The summed E-state index contributed by atoms with van der Waals surface area (Å²) in [5.41, 5.74) is 0.710. The number of hydrogen-bond donors (Lipinski definition) is 0. The van der Waals surface area contributed by atoms with Gasteiger partial charge < -0.3 is 9.47 Å². The summed E-state index contributed by atoms with van der Waals surface area (Å²) in [7, 11) is 0. The zero-order valence-electron chi connectivity index (χ0n) is 11.4. The maximum Gasteiger partial charge on any atom is 0.311 e. The molecule has 2 rings (SSSR count). The Morgan fingerprint density at radius 3 is 2.43 bits per heavy atom. The molecule has 5 nitrogen and oxygen atoms in total. The summed E-state index contributed by atoms with van der Waals surface area (Å²) in [6, 6.07) is 10.6. The molecule has 0 aliphatic rings. The average Bonchev–Trinajstić information content (AvgIpc) is 2.45. The van der Waals surface area contributed by atoms with E-state index in [-0.39, 0.29) is 24.7 Å². The molecule has 0 radical (unpaired) electrons. The molecular formula is C15H14FNO4. The number of hydrogen-bond acceptors (Lipinski definition) is 4. The number of rotatable bonds is 6. The van der Waals surface area contributed by atoms with Gasteiger partial charge in [0.15, 0.2) is 5.75 Å². The van der Waals surface area contributed by atoms with Crippen molar-refractivity contribution in [3.05, 3.63) is 64.0 Å². The first-order valence-electron chi connectivity index (χ1n) is 6.33. The van der Waals surface area contributed by atoms with Crippen molar-refractivity contribution in [1.82, 2.24) is 0 Å². The lowest BCUT2D eigenvalue weighted by Crippen LogP contribution is -2.10. The number of aryl methyl sites for hydroxylation is 1.